The Bertz CT molecular complexity index is 419. The lowest BCUT2D eigenvalue weighted by Crippen LogP contribution is -2.27. The fourth-order valence-corrected chi connectivity index (χ4v) is 1.42. The summed E-state index contributed by atoms with van der Waals surface area (Å²) in [4.78, 5) is 15.7. The number of nitrogens with one attached hydrogen (secondary N) is 2. The van der Waals surface area contributed by atoms with Gasteiger partial charge in [0.2, 0.25) is 0 Å². The first kappa shape index (κ1) is 12.7. The highest BCUT2D eigenvalue weighted by molar-refractivity contribution is 5.83. The van der Waals surface area contributed by atoms with E-state index in [9.17, 15) is 4.79 Å². The summed E-state index contributed by atoms with van der Waals surface area (Å²) >= 11 is 0. The summed E-state index contributed by atoms with van der Waals surface area (Å²) in [6.07, 6.45) is 3.67. The van der Waals surface area contributed by atoms with Crippen LogP contribution in [0.5, 0.6) is 0 Å². The normalized spacial score (nSPS) is 15.1. The first-order valence-electron chi connectivity index (χ1n) is 6.15. The highest BCUT2D eigenvalue weighted by atomic mass is 16.6. The maximum absolute atomic E-state index is 11.5. The third-order valence-electron chi connectivity index (χ3n) is 2.34. The number of carbonyl (C=O) groups is 1. The lowest BCUT2D eigenvalue weighted by atomic mass is 10.2. The van der Waals surface area contributed by atoms with Crippen LogP contribution in [0.25, 0.3) is 0 Å². The van der Waals surface area contributed by atoms with Crippen molar-refractivity contribution in [3.8, 4) is 0 Å². The van der Waals surface area contributed by atoms with E-state index in [4.69, 9.17) is 4.74 Å². The number of carbonyl (C=O) groups excluding carboxylic acids is 1. The van der Waals surface area contributed by atoms with Gasteiger partial charge in [0.1, 0.15) is 11.4 Å². The van der Waals surface area contributed by atoms with Gasteiger partial charge in [-0.3, -0.25) is 5.32 Å². The van der Waals surface area contributed by atoms with Crippen molar-refractivity contribution in [1.29, 1.82) is 0 Å². The van der Waals surface area contributed by atoms with Crippen molar-refractivity contribution in [1.82, 2.24) is 4.98 Å². The van der Waals surface area contributed by atoms with E-state index in [0.717, 1.165) is 5.69 Å². The fourth-order valence-electron chi connectivity index (χ4n) is 1.42. The number of anilines is 2. The smallest absolute Gasteiger partial charge is 0.413 e. The van der Waals surface area contributed by atoms with E-state index in [1.54, 1.807) is 12.3 Å². The summed E-state index contributed by atoms with van der Waals surface area (Å²) in [5.41, 5.74) is 0.476. The molecule has 0 saturated heterocycles. The zero-order valence-electron chi connectivity index (χ0n) is 11.0. The maximum Gasteiger partial charge on any atom is 0.413 e. The predicted molar refractivity (Wildman–Crippen MR) is 70.7 cm³/mol. The number of nitrogens with zero attached hydrogens (tertiary/aromatic N) is 1. The Kier molecular flexibility index (Phi) is 3.41. The third-order valence-corrected chi connectivity index (χ3v) is 2.34. The summed E-state index contributed by atoms with van der Waals surface area (Å²) in [6, 6.07) is 4.25. The quantitative estimate of drug-likeness (QED) is 0.864. The maximum atomic E-state index is 11.5. The van der Waals surface area contributed by atoms with E-state index in [1.807, 2.05) is 26.8 Å². The lowest BCUT2D eigenvalue weighted by Gasteiger charge is -2.19. The summed E-state index contributed by atoms with van der Waals surface area (Å²) < 4.78 is 5.14. The zero-order chi connectivity index (χ0) is 13.2. The molecule has 0 bridgehead atoms. The summed E-state index contributed by atoms with van der Waals surface area (Å²) in [5.74, 6) is 0.491. The molecule has 1 saturated carbocycles. The average Bonchev–Trinajstić information content (AvgIpc) is 3.02. The van der Waals surface area contributed by atoms with Gasteiger partial charge >= 0.3 is 6.09 Å². The van der Waals surface area contributed by atoms with Gasteiger partial charge in [-0.15, -0.1) is 0 Å². The number of rotatable bonds is 3. The molecule has 5 heteroatoms. The van der Waals surface area contributed by atoms with Gasteiger partial charge in [0.25, 0.3) is 0 Å². The molecule has 0 unspecified atom stereocenters. The molecular formula is C13H19N3O2. The Morgan fingerprint density at radius 2 is 2.11 bits per heavy atom. The van der Waals surface area contributed by atoms with Crippen molar-refractivity contribution in [3.05, 3.63) is 18.3 Å². The van der Waals surface area contributed by atoms with Crippen LogP contribution < -0.4 is 10.6 Å². The molecule has 1 aliphatic rings. The van der Waals surface area contributed by atoms with Crippen LogP contribution >= 0.6 is 0 Å². The van der Waals surface area contributed by atoms with Crippen LogP contribution in [0.4, 0.5) is 16.3 Å². The van der Waals surface area contributed by atoms with E-state index < -0.39 is 11.7 Å². The molecule has 98 valence electrons. The minimum absolute atomic E-state index is 0.488. The summed E-state index contributed by atoms with van der Waals surface area (Å²) in [5, 5.41) is 5.92. The van der Waals surface area contributed by atoms with Gasteiger partial charge in [-0.25, -0.2) is 9.78 Å². The first-order chi connectivity index (χ1) is 8.42. The second-order valence-electron chi connectivity index (χ2n) is 5.48. The Morgan fingerprint density at radius 3 is 2.61 bits per heavy atom. The first-order valence-corrected chi connectivity index (χ1v) is 6.15. The monoisotopic (exact) mass is 249 g/mol. The van der Waals surface area contributed by atoms with Crippen LogP contribution in [0.15, 0.2) is 18.3 Å². The van der Waals surface area contributed by atoms with Gasteiger partial charge in [0.05, 0.1) is 11.9 Å². The Morgan fingerprint density at radius 1 is 1.39 bits per heavy atom. The molecule has 5 nitrogen and oxygen atoms in total. The third kappa shape index (κ3) is 4.24. The molecule has 0 atom stereocenters. The predicted octanol–water partition coefficient (Wildman–Crippen LogP) is 3.00. The Balaban J connectivity index is 1.87. The summed E-state index contributed by atoms with van der Waals surface area (Å²) in [7, 11) is 0. The van der Waals surface area contributed by atoms with E-state index in [-0.39, 0.29) is 0 Å². The molecule has 0 aliphatic heterocycles. The van der Waals surface area contributed by atoms with Gasteiger partial charge in [-0.2, -0.15) is 0 Å². The number of pyridine rings is 1. The van der Waals surface area contributed by atoms with Gasteiger partial charge in [-0.05, 0) is 45.7 Å². The average molecular weight is 249 g/mol. The van der Waals surface area contributed by atoms with Gasteiger partial charge in [0.15, 0.2) is 0 Å². The summed E-state index contributed by atoms with van der Waals surface area (Å²) in [6.45, 7) is 5.47. The van der Waals surface area contributed by atoms with E-state index in [1.165, 1.54) is 12.8 Å². The number of ether oxygens (including phenoxy) is 1. The molecule has 0 radical (unpaired) electrons. The van der Waals surface area contributed by atoms with Crippen LogP contribution in [0.1, 0.15) is 33.6 Å². The molecular weight excluding hydrogens is 230 g/mol. The molecule has 2 rings (SSSR count). The Labute approximate surface area is 107 Å². The van der Waals surface area contributed by atoms with Crippen molar-refractivity contribution in [3.63, 3.8) is 0 Å². The minimum atomic E-state index is -0.502. The molecule has 18 heavy (non-hydrogen) atoms. The van der Waals surface area contributed by atoms with Gasteiger partial charge in [0, 0.05) is 6.04 Å². The number of amides is 1. The van der Waals surface area contributed by atoms with E-state index in [2.05, 4.69) is 15.6 Å². The minimum Gasteiger partial charge on any atom is -0.444 e. The standard InChI is InChI=1S/C13H19N3O2/c1-13(2,3)18-12(17)16-11-7-6-10(8-14-11)15-9-4-5-9/h6-9,15H,4-5H2,1-3H3,(H,14,16,17). The molecule has 2 N–H and O–H groups in total. The lowest BCUT2D eigenvalue weighted by molar-refractivity contribution is 0.0635. The van der Waals surface area contributed by atoms with E-state index >= 15 is 0 Å². The molecule has 1 aliphatic carbocycles. The van der Waals surface area contributed by atoms with Crippen molar-refractivity contribution in [2.45, 2.75) is 45.3 Å². The molecule has 1 aromatic heterocycles. The van der Waals surface area contributed by atoms with Crippen LogP contribution in [-0.2, 0) is 4.74 Å². The SMILES string of the molecule is CC(C)(C)OC(=O)Nc1ccc(NC2CC2)cn1. The van der Waals surface area contributed by atoms with Crippen LogP contribution in [0, 0.1) is 0 Å². The second kappa shape index (κ2) is 4.84. The molecule has 1 heterocycles. The largest absolute Gasteiger partial charge is 0.444 e. The van der Waals surface area contributed by atoms with Crippen molar-refractivity contribution >= 4 is 17.6 Å². The van der Waals surface area contributed by atoms with Crippen LogP contribution in [0.3, 0.4) is 0 Å². The number of hydrogen-bond acceptors (Lipinski definition) is 4. The topological polar surface area (TPSA) is 63.2 Å². The van der Waals surface area contributed by atoms with E-state index in [0.29, 0.717) is 11.9 Å². The molecule has 0 spiro atoms. The molecule has 1 aromatic rings. The highest BCUT2D eigenvalue weighted by Gasteiger charge is 2.21. The van der Waals surface area contributed by atoms with Crippen LogP contribution in [0.2, 0.25) is 0 Å². The Hall–Kier alpha value is -1.78. The number of hydrogen-bond donors (Lipinski definition) is 2. The molecule has 1 amide bonds. The van der Waals surface area contributed by atoms with Gasteiger partial charge in [-0.1, -0.05) is 0 Å². The number of aromatic nitrogens is 1. The second-order valence-corrected chi connectivity index (χ2v) is 5.48. The van der Waals surface area contributed by atoms with Gasteiger partial charge < -0.3 is 10.1 Å². The van der Waals surface area contributed by atoms with Crippen molar-refractivity contribution in [2.75, 3.05) is 10.6 Å². The van der Waals surface area contributed by atoms with Crippen LogP contribution in [-0.4, -0.2) is 22.7 Å². The zero-order valence-corrected chi connectivity index (χ0v) is 11.0. The highest BCUT2D eigenvalue weighted by Crippen LogP contribution is 2.24. The fraction of sp³-hybridized carbons (Fsp3) is 0.538. The molecule has 1 fully saturated rings. The van der Waals surface area contributed by atoms with Crippen molar-refractivity contribution < 1.29 is 9.53 Å². The molecule has 0 aromatic carbocycles. The van der Waals surface area contributed by atoms with Crippen molar-refractivity contribution in [2.24, 2.45) is 0 Å².